The van der Waals surface area contributed by atoms with Gasteiger partial charge in [0.25, 0.3) is 0 Å². The van der Waals surface area contributed by atoms with Gasteiger partial charge in [-0.3, -0.25) is 0 Å². The first-order valence-electron chi connectivity index (χ1n) is 5.65. The van der Waals surface area contributed by atoms with E-state index in [2.05, 4.69) is 11.8 Å². The monoisotopic (exact) mass is 293 g/mol. The van der Waals surface area contributed by atoms with Gasteiger partial charge in [0.05, 0.1) is 14.6 Å². The Labute approximate surface area is 116 Å². The third-order valence-electron chi connectivity index (χ3n) is 2.49. The number of hydrogen-bond acceptors (Lipinski definition) is 3. The molecule has 1 aromatic carbocycles. The van der Waals surface area contributed by atoms with Gasteiger partial charge in [-0.05, 0) is 36.4 Å². The van der Waals surface area contributed by atoms with Crippen molar-refractivity contribution in [3.05, 3.63) is 52.7 Å². The fraction of sp³-hybridized carbons (Fsp3) is 0.143. The van der Waals surface area contributed by atoms with E-state index in [0.29, 0.717) is 9.96 Å². The van der Waals surface area contributed by atoms with Gasteiger partial charge < -0.3 is 0 Å². The zero-order valence-corrected chi connectivity index (χ0v) is 11.9. The molecule has 2 rings (SSSR count). The molecule has 1 unspecified atom stereocenters. The second-order valence-corrected chi connectivity index (χ2v) is 7.55. The summed E-state index contributed by atoms with van der Waals surface area (Å²) in [5.41, 5.74) is 0.721. The van der Waals surface area contributed by atoms with Gasteiger partial charge in [0.1, 0.15) is 10.0 Å². The maximum Gasteiger partial charge on any atom is 0.123 e. The number of benzene rings is 1. The summed E-state index contributed by atoms with van der Waals surface area (Å²) in [6.07, 6.45) is 0. The second-order valence-electron chi connectivity index (χ2n) is 3.84. The van der Waals surface area contributed by atoms with E-state index in [0.717, 1.165) is 10.4 Å². The number of thiophene rings is 1. The van der Waals surface area contributed by atoms with Crippen molar-refractivity contribution in [3.63, 3.8) is 0 Å². The first-order valence-corrected chi connectivity index (χ1v) is 8.19. The minimum absolute atomic E-state index is 0.291. The smallest absolute Gasteiger partial charge is 0.123 e. The predicted octanol–water partition coefficient (Wildman–Crippen LogP) is 3.71. The van der Waals surface area contributed by atoms with Crippen LogP contribution in [-0.2, 0) is 9.73 Å². The lowest BCUT2D eigenvalue weighted by Gasteiger charge is -1.97. The molecule has 1 aromatic heterocycles. The van der Waals surface area contributed by atoms with E-state index in [4.69, 9.17) is 4.78 Å². The Bertz CT molecular complexity index is 734. The number of nitrogens with one attached hydrogen (secondary N) is 1. The second kappa shape index (κ2) is 5.55. The third-order valence-corrected chi connectivity index (χ3v) is 5.94. The fourth-order valence-electron chi connectivity index (χ4n) is 1.37. The molecule has 0 aliphatic heterocycles. The van der Waals surface area contributed by atoms with Gasteiger partial charge in [0.2, 0.25) is 0 Å². The highest BCUT2D eigenvalue weighted by Crippen LogP contribution is 2.22. The number of hydrogen-bond donors (Lipinski definition) is 1. The summed E-state index contributed by atoms with van der Waals surface area (Å²) in [5.74, 6) is 5.86. The van der Waals surface area contributed by atoms with Gasteiger partial charge in [-0.25, -0.2) is 13.4 Å². The van der Waals surface area contributed by atoms with Crippen LogP contribution in [-0.4, -0.2) is 9.96 Å². The molecule has 0 spiro atoms. The first-order chi connectivity index (χ1) is 9.01. The predicted molar refractivity (Wildman–Crippen MR) is 76.4 cm³/mol. The van der Waals surface area contributed by atoms with Crippen molar-refractivity contribution < 1.29 is 8.60 Å². The van der Waals surface area contributed by atoms with E-state index in [9.17, 15) is 8.60 Å². The van der Waals surface area contributed by atoms with Crippen LogP contribution in [0, 0.1) is 22.4 Å². The summed E-state index contributed by atoms with van der Waals surface area (Å²) in [6.45, 7) is 1.74. The van der Waals surface area contributed by atoms with Crippen molar-refractivity contribution in [2.75, 3.05) is 5.75 Å². The maximum absolute atomic E-state index is 12.7. The van der Waals surface area contributed by atoms with Crippen LogP contribution in [0.15, 0.2) is 40.6 Å². The summed E-state index contributed by atoms with van der Waals surface area (Å²) in [7, 11) is -2.66. The Balaban J connectivity index is 2.24. The zero-order valence-electron chi connectivity index (χ0n) is 10.3. The SMILES string of the molecule is CCS(=N)(=O)c1ccc(C#Cc2ccc(F)cc2)s1. The van der Waals surface area contributed by atoms with Crippen LogP contribution >= 0.6 is 11.3 Å². The highest BCUT2D eigenvalue weighted by Gasteiger charge is 2.09. The van der Waals surface area contributed by atoms with Crippen LogP contribution < -0.4 is 0 Å². The molecule has 1 heterocycles. The fourth-order valence-corrected chi connectivity index (χ4v) is 3.70. The molecule has 0 aliphatic carbocycles. The molecule has 0 fully saturated rings. The van der Waals surface area contributed by atoms with Crippen molar-refractivity contribution >= 4 is 21.1 Å². The molecule has 0 aliphatic rings. The van der Waals surface area contributed by atoms with Crippen LogP contribution in [0.1, 0.15) is 17.4 Å². The van der Waals surface area contributed by atoms with Gasteiger partial charge in [0.15, 0.2) is 0 Å². The third kappa shape index (κ3) is 3.43. The minimum atomic E-state index is -2.66. The lowest BCUT2D eigenvalue weighted by atomic mass is 10.2. The van der Waals surface area contributed by atoms with E-state index >= 15 is 0 Å². The average molecular weight is 293 g/mol. The molecular weight excluding hydrogens is 281 g/mol. The van der Waals surface area contributed by atoms with Crippen LogP contribution in [0.4, 0.5) is 4.39 Å². The molecule has 98 valence electrons. The normalized spacial score (nSPS) is 13.4. The van der Waals surface area contributed by atoms with Gasteiger partial charge in [-0.15, -0.1) is 11.3 Å². The number of halogens is 1. The largest absolute Gasteiger partial charge is 0.248 e. The van der Waals surface area contributed by atoms with Crippen molar-refractivity contribution in [1.29, 1.82) is 4.78 Å². The van der Waals surface area contributed by atoms with E-state index in [1.165, 1.54) is 23.5 Å². The van der Waals surface area contributed by atoms with Crippen LogP contribution in [0.5, 0.6) is 0 Å². The summed E-state index contributed by atoms with van der Waals surface area (Å²) in [4.78, 5) is 0.757. The molecular formula is C14H12FNOS2. The molecule has 5 heteroatoms. The molecule has 0 radical (unpaired) electrons. The minimum Gasteiger partial charge on any atom is -0.248 e. The molecule has 0 amide bonds. The van der Waals surface area contributed by atoms with Crippen LogP contribution in [0.2, 0.25) is 0 Å². The van der Waals surface area contributed by atoms with E-state index < -0.39 is 9.73 Å². The molecule has 2 aromatic rings. The average Bonchev–Trinajstić information content (AvgIpc) is 2.88. The molecule has 0 bridgehead atoms. The van der Waals surface area contributed by atoms with Crippen LogP contribution in [0.25, 0.3) is 0 Å². The van der Waals surface area contributed by atoms with Crippen molar-refractivity contribution in [1.82, 2.24) is 0 Å². The van der Waals surface area contributed by atoms with Crippen LogP contribution in [0.3, 0.4) is 0 Å². The molecule has 19 heavy (non-hydrogen) atoms. The van der Waals surface area contributed by atoms with Gasteiger partial charge in [0, 0.05) is 11.3 Å². The van der Waals surface area contributed by atoms with E-state index in [1.807, 2.05) is 0 Å². The quantitative estimate of drug-likeness (QED) is 0.842. The standard InChI is InChI=1S/C14H12FNOS2/c1-2-19(16,17)14-10-9-13(18-14)8-5-11-3-6-12(15)7-4-11/h3-4,6-7,9-10,16H,2H2,1H3. The Kier molecular flexibility index (Phi) is 4.03. The Hall–Kier alpha value is -1.64. The van der Waals surface area contributed by atoms with Crippen molar-refractivity contribution in [3.8, 4) is 11.8 Å². The molecule has 0 saturated carbocycles. The lowest BCUT2D eigenvalue weighted by molar-refractivity contribution is 0.627. The topological polar surface area (TPSA) is 40.9 Å². The first kappa shape index (κ1) is 13.8. The summed E-state index contributed by atoms with van der Waals surface area (Å²) < 4.78 is 32.8. The van der Waals surface area contributed by atoms with Crippen molar-refractivity contribution in [2.24, 2.45) is 0 Å². The lowest BCUT2D eigenvalue weighted by Crippen LogP contribution is -1.97. The molecule has 2 nitrogen and oxygen atoms in total. The maximum atomic E-state index is 12.7. The van der Waals surface area contributed by atoms with Crippen molar-refractivity contribution in [2.45, 2.75) is 11.1 Å². The van der Waals surface area contributed by atoms with Gasteiger partial charge in [-0.1, -0.05) is 18.8 Å². The Morgan fingerprint density at radius 2 is 1.89 bits per heavy atom. The highest BCUT2D eigenvalue weighted by atomic mass is 32.2. The van der Waals surface area contributed by atoms with Gasteiger partial charge >= 0.3 is 0 Å². The zero-order chi connectivity index (χ0) is 13.9. The summed E-state index contributed by atoms with van der Waals surface area (Å²) >= 11 is 1.28. The Morgan fingerprint density at radius 3 is 2.53 bits per heavy atom. The summed E-state index contributed by atoms with van der Waals surface area (Å²) in [5, 5.41) is 0. The van der Waals surface area contributed by atoms with E-state index in [-0.39, 0.29) is 5.82 Å². The van der Waals surface area contributed by atoms with Gasteiger partial charge in [-0.2, -0.15) is 0 Å². The van der Waals surface area contributed by atoms with E-state index in [1.54, 1.807) is 31.2 Å². The Morgan fingerprint density at radius 1 is 1.21 bits per heavy atom. The number of rotatable bonds is 2. The highest BCUT2D eigenvalue weighted by molar-refractivity contribution is 7.94. The molecule has 0 saturated heterocycles. The molecule has 1 atom stereocenters. The summed E-state index contributed by atoms with van der Waals surface area (Å²) in [6, 6.07) is 9.39. The molecule has 1 N–H and O–H groups in total.